The third-order valence-corrected chi connectivity index (χ3v) is 7.55. The van der Waals surface area contributed by atoms with Crippen LogP contribution in [0.3, 0.4) is 0 Å². The van der Waals surface area contributed by atoms with Crippen LogP contribution in [-0.2, 0) is 5.41 Å². The van der Waals surface area contributed by atoms with Crippen molar-refractivity contribution in [2.24, 2.45) is 17.8 Å². The van der Waals surface area contributed by atoms with E-state index in [-0.39, 0.29) is 5.92 Å². The SMILES string of the molecule is CC(C=Cc1ccccc1)c1cc(C23CC4CC(CC(C4)C2)C3)ccc1O. The number of rotatable bonds is 4. The van der Waals surface area contributed by atoms with E-state index < -0.39 is 0 Å². The molecule has 6 rings (SSSR count). The van der Waals surface area contributed by atoms with Gasteiger partial charge in [-0.25, -0.2) is 0 Å². The van der Waals surface area contributed by atoms with Gasteiger partial charge in [0, 0.05) is 11.5 Å². The van der Waals surface area contributed by atoms with Crippen molar-refractivity contribution >= 4 is 6.08 Å². The van der Waals surface area contributed by atoms with Crippen LogP contribution in [0.4, 0.5) is 0 Å². The summed E-state index contributed by atoms with van der Waals surface area (Å²) in [5, 5.41) is 10.6. The molecule has 1 atom stereocenters. The molecule has 4 aliphatic rings. The molecule has 1 nitrogen and oxygen atoms in total. The van der Waals surface area contributed by atoms with Gasteiger partial charge in [0.25, 0.3) is 0 Å². The Balaban J connectivity index is 1.44. The van der Waals surface area contributed by atoms with Crippen molar-refractivity contribution in [3.63, 3.8) is 0 Å². The second kappa shape index (κ2) is 6.55. The molecule has 140 valence electrons. The van der Waals surface area contributed by atoms with Crippen molar-refractivity contribution < 1.29 is 5.11 Å². The molecule has 4 saturated carbocycles. The summed E-state index contributed by atoms with van der Waals surface area (Å²) in [5.41, 5.74) is 4.17. The van der Waals surface area contributed by atoms with Gasteiger partial charge in [-0.05, 0) is 78.9 Å². The van der Waals surface area contributed by atoms with E-state index in [0.717, 1.165) is 23.3 Å². The maximum absolute atomic E-state index is 10.6. The summed E-state index contributed by atoms with van der Waals surface area (Å²) in [4.78, 5) is 0. The monoisotopic (exact) mass is 358 g/mol. The van der Waals surface area contributed by atoms with E-state index in [9.17, 15) is 5.11 Å². The van der Waals surface area contributed by atoms with Crippen LogP contribution in [0, 0.1) is 17.8 Å². The second-order valence-electron chi connectivity index (χ2n) is 9.53. The summed E-state index contributed by atoms with van der Waals surface area (Å²) in [6, 6.07) is 16.9. The standard InChI is InChI=1S/C26H30O/c1-18(7-8-19-5-3-2-4-6-19)24-14-23(9-10-25(24)27)26-15-20-11-21(16-26)13-22(12-20)17-26/h2-10,14,18,20-22,27H,11-13,15-17H2,1H3. The summed E-state index contributed by atoms with van der Waals surface area (Å²) in [6.45, 7) is 2.19. The molecule has 0 aliphatic heterocycles. The van der Waals surface area contributed by atoms with Crippen LogP contribution in [0.25, 0.3) is 6.08 Å². The van der Waals surface area contributed by atoms with Gasteiger partial charge >= 0.3 is 0 Å². The lowest BCUT2D eigenvalue weighted by atomic mass is 9.48. The van der Waals surface area contributed by atoms with E-state index in [2.05, 4.69) is 55.5 Å². The normalized spacial score (nSPS) is 32.9. The number of benzene rings is 2. The molecule has 0 spiro atoms. The van der Waals surface area contributed by atoms with E-state index in [1.54, 1.807) is 0 Å². The number of allylic oxidation sites excluding steroid dienone is 1. The van der Waals surface area contributed by atoms with Crippen LogP contribution in [0.15, 0.2) is 54.6 Å². The van der Waals surface area contributed by atoms with Gasteiger partial charge in [-0.15, -0.1) is 0 Å². The molecule has 4 aliphatic carbocycles. The first-order valence-electron chi connectivity index (χ1n) is 10.7. The van der Waals surface area contributed by atoms with Gasteiger partial charge in [-0.3, -0.25) is 0 Å². The van der Waals surface area contributed by atoms with Crippen molar-refractivity contribution in [3.05, 3.63) is 71.3 Å². The van der Waals surface area contributed by atoms with Crippen molar-refractivity contribution in [1.82, 2.24) is 0 Å². The average molecular weight is 359 g/mol. The quantitative estimate of drug-likeness (QED) is 0.646. The van der Waals surface area contributed by atoms with Crippen LogP contribution < -0.4 is 0 Å². The van der Waals surface area contributed by atoms with Crippen molar-refractivity contribution in [2.45, 2.75) is 56.8 Å². The minimum Gasteiger partial charge on any atom is -0.508 e. The molecule has 0 heterocycles. The maximum Gasteiger partial charge on any atom is 0.119 e. The van der Waals surface area contributed by atoms with Crippen LogP contribution in [0.5, 0.6) is 5.75 Å². The van der Waals surface area contributed by atoms with E-state index in [1.807, 2.05) is 12.1 Å². The molecule has 2 aromatic rings. The summed E-state index contributed by atoms with van der Waals surface area (Å²) in [5.74, 6) is 3.49. The lowest BCUT2D eigenvalue weighted by molar-refractivity contribution is -0.00523. The van der Waals surface area contributed by atoms with E-state index in [1.165, 1.54) is 49.7 Å². The van der Waals surface area contributed by atoms with E-state index in [0.29, 0.717) is 11.2 Å². The number of hydrogen-bond acceptors (Lipinski definition) is 1. The Morgan fingerprint density at radius 2 is 1.56 bits per heavy atom. The Bertz CT molecular complexity index is 812. The van der Waals surface area contributed by atoms with Crippen LogP contribution in [0.1, 0.15) is 68.1 Å². The van der Waals surface area contributed by atoms with Gasteiger partial charge in [0.1, 0.15) is 5.75 Å². The molecule has 1 heteroatoms. The molecule has 4 fully saturated rings. The molecule has 1 N–H and O–H groups in total. The maximum atomic E-state index is 10.6. The third-order valence-electron chi connectivity index (χ3n) is 7.55. The highest BCUT2D eigenvalue weighted by atomic mass is 16.3. The van der Waals surface area contributed by atoms with E-state index in [4.69, 9.17) is 0 Å². The van der Waals surface area contributed by atoms with Gasteiger partial charge < -0.3 is 5.11 Å². The Kier molecular flexibility index (Phi) is 4.15. The van der Waals surface area contributed by atoms with Gasteiger partial charge in [-0.1, -0.05) is 61.5 Å². The highest BCUT2D eigenvalue weighted by Crippen LogP contribution is 2.61. The van der Waals surface area contributed by atoms with Gasteiger partial charge in [0.15, 0.2) is 0 Å². The smallest absolute Gasteiger partial charge is 0.119 e. The largest absolute Gasteiger partial charge is 0.508 e. The lowest BCUT2D eigenvalue weighted by Crippen LogP contribution is -2.48. The first-order chi connectivity index (χ1) is 13.1. The fourth-order valence-electron chi connectivity index (χ4n) is 6.64. The molecule has 0 radical (unpaired) electrons. The Hall–Kier alpha value is -2.02. The average Bonchev–Trinajstić information content (AvgIpc) is 2.66. The third kappa shape index (κ3) is 3.12. The van der Waals surface area contributed by atoms with Crippen LogP contribution in [0.2, 0.25) is 0 Å². The number of aromatic hydroxyl groups is 1. The molecular weight excluding hydrogens is 328 g/mol. The topological polar surface area (TPSA) is 20.2 Å². The van der Waals surface area contributed by atoms with Crippen molar-refractivity contribution in [3.8, 4) is 5.75 Å². The Morgan fingerprint density at radius 1 is 0.926 bits per heavy atom. The van der Waals surface area contributed by atoms with Crippen molar-refractivity contribution in [1.29, 1.82) is 0 Å². The second-order valence-corrected chi connectivity index (χ2v) is 9.53. The van der Waals surface area contributed by atoms with Gasteiger partial charge in [-0.2, -0.15) is 0 Å². The number of phenols is 1. The lowest BCUT2D eigenvalue weighted by Gasteiger charge is -2.57. The number of hydrogen-bond donors (Lipinski definition) is 1. The first-order valence-corrected chi connectivity index (χ1v) is 10.7. The highest BCUT2D eigenvalue weighted by molar-refractivity contribution is 5.52. The van der Waals surface area contributed by atoms with Crippen molar-refractivity contribution in [2.75, 3.05) is 0 Å². The molecule has 1 unspecified atom stereocenters. The fourth-order valence-corrected chi connectivity index (χ4v) is 6.64. The summed E-state index contributed by atoms with van der Waals surface area (Å²) in [7, 11) is 0. The molecule has 0 amide bonds. The predicted molar refractivity (Wildman–Crippen MR) is 112 cm³/mol. The number of phenolic OH excluding ortho intramolecular Hbond substituents is 1. The molecule has 0 aromatic heterocycles. The molecule has 0 saturated heterocycles. The predicted octanol–water partition coefficient (Wildman–Crippen LogP) is 6.68. The zero-order valence-corrected chi connectivity index (χ0v) is 16.3. The molecule has 4 bridgehead atoms. The minimum atomic E-state index is 0.207. The summed E-state index contributed by atoms with van der Waals surface area (Å²) in [6.07, 6.45) is 12.9. The highest BCUT2D eigenvalue weighted by Gasteiger charge is 2.51. The summed E-state index contributed by atoms with van der Waals surface area (Å²) < 4.78 is 0. The van der Waals surface area contributed by atoms with Gasteiger partial charge in [0.05, 0.1) is 0 Å². The summed E-state index contributed by atoms with van der Waals surface area (Å²) >= 11 is 0. The fraction of sp³-hybridized carbons (Fsp3) is 0.462. The van der Waals surface area contributed by atoms with Crippen LogP contribution >= 0.6 is 0 Å². The zero-order chi connectivity index (χ0) is 18.4. The molecule has 2 aromatic carbocycles. The Morgan fingerprint density at radius 3 is 2.19 bits per heavy atom. The zero-order valence-electron chi connectivity index (χ0n) is 16.3. The first kappa shape index (κ1) is 17.1. The van der Waals surface area contributed by atoms with Gasteiger partial charge in [0.2, 0.25) is 0 Å². The molecule has 27 heavy (non-hydrogen) atoms. The minimum absolute atomic E-state index is 0.207. The van der Waals surface area contributed by atoms with Crippen LogP contribution in [-0.4, -0.2) is 5.11 Å². The Labute approximate surface area is 163 Å². The molecular formula is C26H30O. The van der Waals surface area contributed by atoms with E-state index >= 15 is 0 Å².